The number of hydrogen-bond donors (Lipinski definition) is 1. The summed E-state index contributed by atoms with van der Waals surface area (Å²) in [5.41, 5.74) is 5.56. The van der Waals surface area contributed by atoms with Crippen molar-refractivity contribution in [2.45, 2.75) is 59.0 Å². The smallest absolute Gasteiger partial charge is 0.188 e. The van der Waals surface area contributed by atoms with E-state index < -0.39 is 0 Å². The van der Waals surface area contributed by atoms with Gasteiger partial charge >= 0.3 is 0 Å². The second kappa shape index (κ2) is 9.16. The van der Waals surface area contributed by atoms with Crippen LogP contribution in [0.25, 0.3) is 0 Å². The first-order valence-electron chi connectivity index (χ1n) is 10.8. The Labute approximate surface area is 187 Å². The third-order valence-corrected chi connectivity index (χ3v) is 6.77. The summed E-state index contributed by atoms with van der Waals surface area (Å²) in [6, 6.07) is 5.97. The van der Waals surface area contributed by atoms with Crippen LogP contribution in [-0.2, 0) is 6.54 Å². The van der Waals surface area contributed by atoms with Crippen molar-refractivity contribution < 1.29 is 0 Å². The molecular weight excluding hydrogens is 406 g/mol. The monoisotopic (exact) mass is 435 g/mol. The highest BCUT2D eigenvalue weighted by atomic mass is 32.1. The molecule has 0 radical (unpaired) electrons. The van der Waals surface area contributed by atoms with Crippen molar-refractivity contribution in [3.63, 3.8) is 0 Å². The molecule has 1 aliphatic heterocycles. The van der Waals surface area contributed by atoms with Crippen LogP contribution in [0.5, 0.6) is 0 Å². The van der Waals surface area contributed by atoms with E-state index in [1.54, 1.807) is 29.7 Å². The Morgan fingerprint density at radius 3 is 2.74 bits per heavy atom. The van der Waals surface area contributed by atoms with Crippen LogP contribution in [-0.4, -0.2) is 37.7 Å². The Balaban J connectivity index is 1.35. The number of thiazole rings is 1. The zero-order valence-corrected chi connectivity index (χ0v) is 19.4. The minimum absolute atomic E-state index is 0.392. The van der Waals surface area contributed by atoms with E-state index in [0.29, 0.717) is 23.3 Å². The van der Waals surface area contributed by atoms with E-state index in [2.05, 4.69) is 59.0 Å². The van der Waals surface area contributed by atoms with Gasteiger partial charge in [-0.25, -0.2) is 9.97 Å². The number of rotatable bonds is 6. The molecule has 31 heavy (non-hydrogen) atoms. The lowest BCUT2D eigenvalue weighted by Crippen LogP contribution is -2.32. The maximum Gasteiger partial charge on any atom is 0.188 e. The van der Waals surface area contributed by atoms with Crippen molar-refractivity contribution in [1.82, 2.24) is 24.6 Å². The Bertz CT molecular complexity index is 1080. The van der Waals surface area contributed by atoms with Gasteiger partial charge in [-0.3, -0.25) is 9.58 Å². The maximum atomic E-state index is 9.05. The summed E-state index contributed by atoms with van der Waals surface area (Å²) in [5, 5.41) is 20.0. The molecule has 0 bridgehead atoms. The molecule has 0 amide bonds. The van der Waals surface area contributed by atoms with Crippen molar-refractivity contribution in [2.75, 3.05) is 18.4 Å². The van der Waals surface area contributed by atoms with Crippen LogP contribution in [0.3, 0.4) is 0 Å². The van der Waals surface area contributed by atoms with E-state index in [9.17, 15) is 0 Å². The Morgan fingerprint density at radius 1 is 1.29 bits per heavy atom. The number of nitrogens with one attached hydrogen (secondary N) is 1. The molecule has 0 unspecified atom stereocenters. The molecule has 0 aromatic carbocycles. The van der Waals surface area contributed by atoms with Crippen LogP contribution in [0.4, 0.5) is 10.9 Å². The summed E-state index contributed by atoms with van der Waals surface area (Å²) in [6.07, 6.45) is 3.86. The van der Waals surface area contributed by atoms with Gasteiger partial charge in [-0.2, -0.15) is 10.4 Å². The normalized spacial score (nSPS) is 15.4. The minimum atomic E-state index is 0.392. The summed E-state index contributed by atoms with van der Waals surface area (Å²) < 4.78 is 2.14. The highest BCUT2D eigenvalue weighted by Gasteiger charge is 2.24. The molecule has 4 heterocycles. The zero-order chi connectivity index (χ0) is 22.0. The van der Waals surface area contributed by atoms with Gasteiger partial charge in [0.05, 0.1) is 23.0 Å². The number of nitriles is 1. The van der Waals surface area contributed by atoms with Crippen LogP contribution in [0.2, 0.25) is 0 Å². The van der Waals surface area contributed by atoms with E-state index in [-0.39, 0.29) is 0 Å². The van der Waals surface area contributed by atoms with Crippen molar-refractivity contribution in [1.29, 1.82) is 5.26 Å². The molecule has 8 heteroatoms. The summed E-state index contributed by atoms with van der Waals surface area (Å²) in [6.45, 7) is 11.8. The Hall–Kier alpha value is -2.76. The molecule has 0 spiro atoms. The highest BCUT2D eigenvalue weighted by molar-refractivity contribution is 7.13. The van der Waals surface area contributed by atoms with E-state index >= 15 is 0 Å². The third kappa shape index (κ3) is 4.78. The van der Waals surface area contributed by atoms with Gasteiger partial charge in [0.2, 0.25) is 0 Å². The molecule has 4 rings (SSSR count). The molecule has 0 saturated carbocycles. The number of likely N-dealkylation sites (tertiary alicyclic amines) is 1. The number of aryl methyl sites for hydroxylation is 1. The van der Waals surface area contributed by atoms with Gasteiger partial charge in [0.25, 0.3) is 0 Å². The second-order valence-corrected chi connectivity index (χ2v) is 9.34. The quantitative estimate of drug-likeness (QED) is 0.591. The van der Waals surface area contributed by atoms with Crippen LogP contribution >= 0.6 is 11.3 Å². The topological polar surface area (TPSA) is 82.7 Å². The van der Waals surface area contributed by atoms with Crippen molar-refractivity contribution in [2.24, 2.45) is 0 Å². The fraction of sp³-hybridized carbons (Fsp3) is 0.478. The molecule has 1 fully saturated rings. The van der Waals surface area contributed by atoms with Crippen molar-refractivity contribution in [3.05, 3.63) is 51.9 Å². The number of hydrogen-bond acceptors (Lipinski definition) is 7. The molecule has 1 N–H and O–H groups in total. The molecule has 3 aromatic rings. The van der Waals surface area contributed by atoms with Gasteiger partial charge in [0.15, 0.2) is 5.13 Å². The predicted octanol–water partition coefficient (Wildman–Crippen LogP) is 4.93. The zero-order valence-electron chi connectivity index (χ0n) is 18.6. The molecule has 3 aromatic heterocycles. The molecule has 1 saturated heterocycles. The van der Waals surface area contributed by atoms with Crippen LogP contribution in [0.15, 0.2) is 23.7 Å². The molecule has 0 aliphatic carbocycles. The Morgan fingerprint density at radius 2 is 2.06 bits per heavy atom. The molecule has 0 atom stereocenters. The second-order valence-electron chi connectivity index (χ2n) is 8.48. The summed E-state index contributed by atoms with van der Waals surface area (Å²) in [5.74, 6) is 1.14. The average Bonchev–Trinajstić information content (AvgIpc) is 3.34. The molecule has 162 valence electrons. The lowest BCUT2D eigenvalue weighted by molar-refractivity contribution is 0.203. The largest absolute Gasteiger partial charge is 0.316 e. The predicted molar refractivity (Wildman–Crippen MR) is 124 cm³/mol. The fourth-order valence-corrected chi connectivity index (χ4v) is 5.05. The number of anilines is 2. The SMILES string of the molecule is Cc1nn(C(C)C)c(C)c1CN1CCC(c2csc(Nc3cc(C#N)ccn3)n2)CC1. The molecular formula is C23H29N7S. The van der Waals surface area contributed by atoms with Crippen molar-refractivity contribution >= 4 is 22.3 Å². The summed E-state index contributed by atoms with van der Waals surface area (Å²) in [4.78, 5) is 11.6. The molecule has 1 aliphatic rings. The first-order chi connectivity index (χ1) is 14.9. The molecule has 7 nitrogen and oxygen atoms in total. The van der Waals surface area contributed by atoms with E-state index in [0.717, 1.165) is 49.0 Å². The lowest BCUT2D eigenvalue weighted by Gasteiger charge is -2.31. The standard InChI is InChI=1S/C23H29N7S/c1-15(2)30-17(4)20(16(3)28-30)13-29-9-6-19(7-10-29)21-14-31-23(26-21)27-22-11-18(12-24)5-8-25-22/h5,8,11,14-15,19H,6-7,9-10,13H2,1-4H3,(H,25,26,27). The van der Waals surface area contributed by atoms with Crippen LogP contribution in [0.1, 0.15) is 66.9 Å². The van der Waals surface area contributed by atoms with Crippen LogP contribution < -0.4 is 5.32 Å². The maximum absolute atomic E-state index is 9.05. The van der Waals surface area contributed by atoms with Gasteiger partial charge in [-0.1, -0.05) is 0 Å². The highest BCUT2D eigenvalue weighted by Crippen LogP contribution is 2.32. The third-order valence-electron chi connectivity index (χ3n) is 6.00. The van der Waals surface area contributed by atoms with E-state index in [1.807, 2.05) is 0 Å². The van der Waals surface area contributed by atoms with Gasteiger partial charge in [0.1, 0.15) is 5.82 Å². The number of piperidine rings is 1. The van der Waals surface area contributed by atoms with Gasteiger partial charge in [-0.15, -0.1) is 11.3 Å². The number of pyridine rings is 1. The number of aromatic nitrogens is 4. The minimum Gasteiger partial charge on any atom is -0.316 e. The first kappa shape index (κ1) is 21.5. The van der Waals surface area contributed by atoms with E-state index in [4.69, 9.17) is 15.3 Å². The van der Waals surface area contributed by atoms with Crippen LogP contribution in [0, 0.1) is 25.2 Å². The summed E-state index contributed by atoms with van der Waals surface area (Å²) >= 11 is 1.59. The number of nitrogens with zero attached hydrogens (tertiary/aromatic N) is 6. The van der Waals surface area contributed by atoms with Gasteiger partial charge in [-0.05, 0) is 65.8 Å². The van der Waals surface area contributed by atoms with Gasteiger partial charge < -0.3 is 5.32 Å². The average molecular weight is 436 g/mol. The van der Waals surface area contributed by atoms with E-state index in [1.165, 1.54) is 11.3 Å². The first-order valence-corrected chi connectivity index (χ1v) is 11.7. The summed E-state index contributed by atoms with van der Waals surface area (Å²) in [7, 11) is 0. The Kier molecular flexibility index (Phi) is 6.35. The fourth-order valence-electron chi connectivity index (χ4n) is 4.25. The van der Waals surface area contributed by atoms with Crippen molar-refractivity contribution in [3.8, 4) is 6.07 Å². The lowest BCUT2D eigenvalue weighted by atomic mass is 9.94. The van der Waals surface area contributed by atoms with Gasteiger partial charge in [0, 0.05) is 41.3 Å².